The molecule has 0 spiro atoms. The van der Waals surface area contributed by atoms with Crippen molar-refractivity contribution in [1.29, 1.82) is 0 Å². The number of rotatable bonds is 3. The second-order valence-electron chi connectivity index (χ2n) is 9.22. The van der Waals surface area contributed by atoms with E-state index in [0.29, 0.717) is 19.6 Å². The van der Waals surface area contributed by atoms with E-state index >= 15 is 0 Å². The van der Waals surface area contributed by atoms with E-state index in [4.69, 9.17) is 0 Å². The predicted molar refractivity (Wildman–Crippen MR) is 130 cm³/mol. The molecule has 5 nitrogen and oxygen atoms in total. The van der Waals surface area contributed by atoms with E-state index in [-0.39, 0.29) is 22.3 Å². The van der Waals surface area contributed by atoms with Gasteiger partial charge in [0.25, 0.3) is 5.56 Å². The topological polar surface area (TPSA) is 59.4 Å². The lowest BCUT2D eigenvalue weighted by molar-refractivity contribution is 0.187. The third kappa shape index (κ3) is 3.47. The van der Waals surface area contributed by atoms with Crippen LogP contribution in [-0.4, -0.2) is 30.4 Å². The Labute approximate surface area is 197 Å². The standard InChI is InChI=1S/C27H23FN2O3S/c28-23-7-9-24(10-8-23)34(32,33)29-15-18-13-22(17-29)27-25(11-12-26(31)30(27)16-18)21-6-5-19-3-1-2-4-20(19)14-21/h1-12,14,18,22H,13,15-17H2/t18-,22+/m0/s1. The summed E-state index contributed by atoms with van der Waals surface area (Å²) in [5.41, 5.74) is 2.83. The number of pyridine rings is 1. The molecule has 7 heteroatoms. The van der Waals surface area contributed by atoms with Crippen LogP contribution >= 0.6 is 0 Å². The van der Waals surface area contributed by atoms with Gasteiger partial charge in [-0.2, -0.15) is 4.31 Å². The van der Waals surface area contributed by atoms with Crippen molar-refractivity contribution in [1.82, 2.24) is 8.87 Å². The largest absolute Gasteiger partial charge is 0.311 e. The van der Waals surface area contributed by atoms with Crippen molar-refractivity contribution in [2.75, 3.05) is 13.1 Å². The number of hydrogen-bond acceptors (Lipinski definition) is 3. The molecule has 3 heterocycles. The van der Waals surface area contributed by atoms with Crippen LogP contribution in [0.1, 0.15) is 18.0 Å². The van der Waals surface area contributed by atoms with E-state index in [1.54, 1.807) is 6.07 Å². The van der Waals surface area contributed by atoms with Crippen LogP contribution in [0.3, 0.4) is 0 Å². The Morgan fingerprint density at radius 2 is 1.59 bits per heavy atom. The van der Waals surface area contributed by atoms with Crippen molar-refractivity contribution in [3.63, 3.8) is 0 Å². The monoisotopic (exact) mass is 474 g/mol. The van der Waals surface area contributed by atoms with Gasteiger partial charge in [-0.1, -0.05) is 36.4 Å². The van der Waals surface area contributed by atoms with Crippen LogP contribution in [0.25, 0.3) is 21.9 Å². The number of piperidine rings is 1. The van der Waals surface area contributed by atoms with Crippen LogP contribution in [0.4, 0.5) is 4.39 Å². The Balaban J connectivity index is 1.43. The van der Waals surface area contributed by atoms with Crippen LogP contribution in [0.15, 0.2) is 88.6 Å². The van der Waals surface area contributed by atoms with Gasteiger partial charge < -0.3 is 4.57 Å². The van der Waals surface area contributed by atoms with Gasteiger partial charge in [0.2, 0.25) is 10.0 Å². The molecule has 2 atom stereocenters. The van der Waals surface area contributed by atoms with E-state index in [1.807, 2.05) is 22.8 Å². The Kier molecular flexibility index (Phi) is 4.93. The van der Waals surface area contributed by atoms with Gasteiger partial charge in [0.1, 0.15) is 5.82 Å². The maximum Gasteiger partial charge on any atom is 0.250 e. The molecule has 172 valence electrons. The number of halogens is 1. The molecule has 0 amide bonds. The summed E-state index contributed by atoms with van der Waals surface area (Å²) >= 11 is 0. The lowest BCUT2D eigenvalue weighted by Crippen LogP contribution is -2.49. The molecule has 0 radical (unpaired) electrons. The summed E-state index contributed by atoms with van der Waals surface area (Å²) in [6.45, 7) is 1.13. The molecule has 6 rings (SSSR count). The Morgan fingerprint density at radius 3 is 2.38 bits per heavy atom. The van der Waals surface area contributed by atoms with Crippen LogP contribution in [0.2, 0.25) is 0 Å². The minimum atomic E-state index is -3.76. The van der Waals surface area contributed by atoms with Crippen LogP contribution in [0.5, 0.6) is 0 Å². The van der Waals surface area contributed by atoms with Crippen LogP contribution in [-0.2, 0) is 16.6 Å². The van der Waals surface area contributed by atoms with E-state index in [1.165, 1.54) is 28.6 Å². The first kappa shape index (κ1) is 21.3. The Bertz CT molecular complexity index is 1580. The van der Waals surface area contributed by atoms with Crippen molar-refractivity contribution in [2.24, 2.45) is 5.92 Å². The highest BCUT2D eigenvalue weighted by molar-refractivity contribution is 7.89. The van der Waals surface area contributed by atoms with Crippen molar-refractivity contribution < 1.29 is 12.8 Å². The summed E-state index contributed by atoms with van der Waals surface area (Å²) in [5.74, 6) is -0.521. The number of nitrogens with zero attached hydrogens (tertiary/aromatic N) is 2. The first-order chi connectivity index (χ1) is 16.4. The third-order valence-electron chi connectivity index (χ3n) is 7.07. The molecule has 2 bridgehead atoms. The summed E-state index contributed by atoms with van der Waals surface area (Å²) in [6, 6.07) is 22.8. The number of fused-ring (bicyclic) bond motifs is 5. The molecule has 0 N–H and O–H groups in total. The second kappa shape index (κ2) is 7.89. The van der Waals surface area contributed by atoms with Gasteiger partial charge in [-0.05, 0) is 65.1 Å². The van der Waals surface area contributed by atoms with Gasteiger partial charge in [-0.25, -0.2) is 12.8 Å². The smallest absolute Gasteiger partial charge is 0.250 e. The Hall–Kier alpha value is -3.29. The van der Waals surface area contributed by atoms with Crippen molar-refractivity contribution in [3.8, 4) is 11.1 Å². The molecule has 2 aliphatic rings. The fourth-order valence-electron chi connectivity index (χ4n) is 5.52. The predicted octanol–water partition coefficient (Wildman–Crippen LogP) is 4.62. The third-order valence-corrected chi connectivity index (χ3v) is 8.91. The van der Waals surface area contributed by atoms with Crippen molar-refractivity contribution in [2.45, 2.75) is 23.8 Å². The zero-order valence-electron chi connectivity index (χ0n) is 18.4. The summed E-state index contributed by atoms with van der Waals surface area (Å²) in [4.78, 5) is 12.9. The molecular weight excluding hydrogens is 451 g/mol. The van der Waals surface area contributed by atoms with E-state index in [9.17, 15) is 17.6 Å². The maximum absolute atomic E-state index is 13.4. The highest BCUT2D eigenvalue weighted by Gasteiger charge is 2.40. The van der Waals surface area contributed by atoms with Gasteiger partial charge in [0, 0.05) is 42.9 Å². The maximum atomic E-state index is 13.4. The lowest BCUT2D eigenvalue weighted by atomic mass is 9.81. The average molecular weight is 475 g/mol. The minimum Gasteiger partial charge on any atom is -0.311 e. The lowest BCUT2D eigenvalue weighted by Gasteiger charge is -2.42. The molecule has 1 aromatic heterocycles. The molecule has 2 aliphatic heterocycles. The summed E-state index contributed by atoms with van der Waals surface area (Å²) in [5, 5.41) is 2.25. The normalized spacial score (nSPS) is 20.3. The highest BCUT2D eigenvalue weighted by Crippen LogP contribution is 2.41. The molecule has 1 saturated heterocycles. The summed E-state index contributed by atoms with van der Waals surface area (Å²) in [6.07, 6.45) is 0.833. The minimum absolute atomic E-state index is 0.0472. The second-order valence-corrected chi connectivity index (χ2v) is 11.2. The Morgan fingerprint density at radius 1 is 0.824 bits per heavy atom. The number of hydrogen-bond donors (Lipinski definition) is 0. The summed E-state index contributed by atoms with van der Waals surface area (Å²) < 4.78 is 43.4. The molecule has 1 fully saturated rings. The molecule has 34 heavy (non-hydrogen) atoms. The number of benzene rings is 3. The molecule has 0 saturated carbocycles. The SMILES string of the molecule is O=c1ccc(-c2ccc3ccccc3c2)c2n1C[C@H]1C[C@@H]2CN(S(=O)(=O)c2ccc(F)cc2)C1. The molecule has 4 aromatic rings. The van der Waals surface area contributed by atoms with Gasteiger partial charge in [0.15, 0.2) is 0 Å². The van der Waals surface area contributed by atoms with Crippen LogP contribution in [0, 0.1) is 11.7 Å². The first-order valence-electron chi connectivity index (χ1n) is 11.4. The number of aromatic nitrogens is 1. The molecular formula is C27H23FN2O3S. The molecule has 0 unspecified atom stereocenters. The summed E-state index contributed by atoms with van der Waals surface area (Å²) in [7, 11) is -3.76. The molecule has 0 aliphatic carbocycles. The van der Waals surface area contributed by atoms with Crippen LogP contribution < -0.4 is 5.56 Å². The van der Waals surface area contributed by atoms with Crippen molar-refractivity contribution >= 4 is 20.8 Å². The molecule has 3 aromatic carbocycles. The highest BCUT2D eigenvalue weighted by atomic mass is 32.2. The fourth-order valence-corrected chi connectivity index (χ4v) is 7.09. The van der Waals surface area contributed by atoms with Gasteiger partial charge in [0.05, 0.1) is 4.90 Å². The zero-order valence-corrected chi connectivity index (χ0v) is 19.2. The van der Waals surface area contributed by atoms with Crippen molar-refractivity contribution in [3.05, 3.63) is 101 Å². The van der Waals surface area contributed by atoms with Gasteiger partial charge >= 0.3 is 0 Å². The average Bonchev–Trinajstić information content (AvgIpc) is 2.84. The fraction of sp³-hybridized carbons (Fsp3) is 0.222. The number of sulfonamides is 1. The first-order valence-corrected chi connectivity index (χ1v) is 12.8. The van der Waals surface area contributed by atoms with Gasteiger partial charge in [-0.15, -0.1) is 0 Å². The van der Waals surface area contributed by atoms with E-state index < -0.39 is 15.8 Å². The van der Waals surface area contributed by atoms with E-state index in [0.717, 1.165) is 34.0 Å². The zero-order chi connectivity index (χ0) is 23.4. The quantitative estimate of drug-likeness (QED) is 0.436. The van der Waals surface area contributed by atoms with E-state index in [2.05, 4.69) is 30.3 Å². The van der Waals surface area contributed by atoms with Gasteiger partial charge in [-0.3, -0.25) is 4.79 Å².